The molecule has 1 aromatic rings. The molecule has 0 bridgehead atoms. The Kier molecular flexibility index (Phi) is 6.29. The fourth-order valence-corrected chi connectivity index (χ4v) is 1.98. The maximum atomic E-state index is 10.7. The first-order chi connectivity index (χ1) is 8.51. The van der Waals surface area contributed by atoms with Crippen molar-refractivity contribution < 1.29 is 17.3 Å². The van der Waals surface area contributed by atoms with Crippen LogP contribution in [0.2, 0.25) is 0 Å². The third-order valence-corrected chi connectivity index (χ3v) is 2.87. The van der Waals surface area contributed by atoms with Crippen molar-refractivity contribution in [2.45, 2.75) is 32.6 Å². The van der Waals surface area contributed by atoms with Gasteiger partial charge in [0, 0.05) is 0 Å². The lowest BCUT2D eigenvalue weighted by Crippen LogP contribution is -2.00. The molecule has 0 aliphatic heterocycles. The Labute approximate surface area is 112 Å². The Balaban J connectivity index is 2.36. The first-order valence-electron chi connectivity index (χ1n) is 5.88. The zero-order chi connectivity index (χ0) is 13.4. The lowest BCUT2D eigenvalue weighted by Gasteiger charge is -2.06. The Morgan fingerprint density at radius 1 is 1.06 bits per heavy atom. The van der Waals surface area contributed by atoms with Crippen LogP contribution in [0.4, 0.5) is 0 Å². The van der Waals surface area contributed by atoms with E-state index in [1.807, 2.05) is 0 Å². The Hall–Kier alpha value is -0.940. The van der Waals surface area contributed by atoms with Gasteiger partial charge in [-0.1, -0.05) is 26.2 Å². The summed E-state index contributed by atoms with van der Waals surface area (Å²) in [5.41, 5.74) is 0. The molecule has 1 rings (SSSR count). The number of unbranched alkanes of at least 4 members (excludes halogenated alkanes) is 3. The van der Waals surface area contributed by atoms with Crippen LogP contribution in [-0.2, 0) is 9.33 Å². The van der Waals surface area contributed by atoms with Crippen molar-refractivity contribution >= 4 is 20.0 Å². The summed E-state index contributed by atoms with van der Waals surface area (Å²) in [6.07, 6.45) is 4.58. The van der Waals surface area contributed by atoms with Crippen molar-refractivity contribution in [3.8, 4) is 11.5 Å². The second-order valence-corrected chi connectivity index (χ2v) is 5.94. The van der Waals surface area contributed by atoms with Crippen molar-refractivity contribution in [3.05, 3.63) is 24.3 Å². The molecule has 0 N–H and O–H groups in total. The van der Waals surface area contributed by atoms with Crippen LogP contribution in [0.25, 0.3) is 0 Å². The number of halogens is 1. The van der Waals surface area contributed by atoms with Crippen molar-refractivity contribution in [2.24, 2.45) is 0 Å². The second kappa shape index (κ2) is 7.48. The van der Waals surface area contributed by atoms with E-state index in [0.717, 1.165) is 12.8 Å². The van der Waals surface area contributed by atoms with Gasteiger partial charge in [-0.3, -0.25) is 0 Å². The van der Waals surface area contributed by atoms with E-state index in [1.54, 1.807) is 12.1 Å². The molecule has 0 unspecified atom stereocenters. The van der Waals surface area contributed by atoms with Crippen LogP contribution in [0, 0.1) is 0 Å². The van der Waals surface area contributed by atoms with Gasteiger partial charge in [-0.05, 0) is 30.7 Å². The molecular formula is C12H17ClO4S. The molecule has 1 aromatic carbocycles. The van der Waals surface area contributed by atoms with E-state index >= 15 is 0 Å². The van der Waals surface area contributed by atoms with Crippen molar-refractivity contribution in [1.29, 1.82) is 0 Å². The van der Waals surface area contributed by atoms with Gasteiger partial charge in [0.05, 0.1) is 17.3 Å². The summed E-state index contributed by atoms with van der Waals surface area (Å²) in [5, 5.41) is 0. The number of ether oxygens (including phenoxy) is 1. The van der Waals surface area contributed by atoms with Crippen LogP contribution in [0.1, 0.15) is 32.6 Å². The first kappa shape index (κ1) is 15.1. The highest BCUT2D eigenvalue weighted by Gasteiger charge is 2.06. The predicted octanol–water partition coefficient (Wildman–Crippen LogP) is 3.51. The molecule has 0 fully saturated rings. The molecule has 0 spiro atoms. The molecule has 4 nitrogen and oxygen atoms in total. The number of benzene rings is 1. The lowest BCUT2D eigenvalue weighted by atomic mass is 10.2. The van der Waals surface area contributed by atoms with Crippen LogP contribution in [-0.4, -0.2) is 15.0 Å². The summed E-state index contributed by atoms with van der Waals surface area (Å²) in [5.74, 6) is 0.856. The molecule has 0 aliphatic carbocycles. The summed E-state index contributed by atoms with van der Waals surface area (Å²) in [7, 11) is 0.972. The highest BCUT2D eigenvalue weighted by atomic mass is 35.7. The molecule has 0 heterocycles. The molecule has 0 amide bonds. The fourth-order valence-electron chi connectivity index (χ4n) is 1.43. The van der Waals surface area contributed by atoms with Crippen molar-refractivity contribution in [2.75, 3.05) is 6.61 Å². The van der Waals surface area contributed by atoms with Gasteiger partial charge >= 0.3 is 9.33 Å². The van der Waals surface area contributed by atoms with E-state index in [2.05, 4.69) is 11.1 Å². The molecule has 0 radical (unpaired) electrons. The summed E-state index contributed by atoms with van der Waals surface area (Å²) < 4.78 is 31.3. The molecular weight excluding hydrogens is 276 g/mol. The van der Waals surface area contributed by atoms with Gasteiger partial charge < -0.3 is 8.92 Å². The van der Waals surface area contributed by atoms with Gasteiger partial charge in [-0.2, -0.15) is 8.42 Å². The standard InChI is InChI=1S/C12H17ClO4S/c1-2-3-4-5-10-16-11-6-8-12(9-7-11)17-18(13,14)15/h6-9H,2-5,10H2,1H3. The Bertz CT molecular complexity index is 442. The minimum absolute atomic E-state index is 0.170. The lowest BCUT2D eigenvalue weighted by molar-refractivity contribution is 0.305. The van der Waals surface area contributed by atoms with Gasteiger partial charge in [-0.15, -0.1) is 0 Å². The highest BCUT2D eigenvalue weighted by molar-refractivity contribution is 8.10. The van der Waals surface area contributed by atoms with Crippen LogP contribution in [0.3, 0.4) is 0 Å². The van der Waals surface area contributed by atoms with E-state index in [-0.39, 0.29) is 5.75 Å². The second-order valence-electron chi connectivity index (χ2n) is 3.86. The predicted molar refractivity (Wildman–Crippen MR) is 71.5 cm³/mol. The number of hydrogen-bond donors (Lipinski definition) is 0. The van der Waals surface area contributed by atoms with Gasteiger partial charge in [-0.25, -0.2) is 0 Å². The quantitative estimate of drug-likeness (QED) is 0.543. The maximum absolute atomic E-state index is 10.7. The monoisotopic (exact) mass is 292 g/mol. The van der Waals surface area contributed by atoms with E-state index in [0.29, 0.717) is 12.4 Å². The normalized spacial score (nSPS) is 11.2. The molecule has 0 aromatic heterocycles. The van der Waals surface area contributed by atoms with E-state index < -0.39 is 9.33 Å². The average Bonchev–Trinajstić information content (AvgIpc) is 2.29. The zero-order valence-electron chi connectivity index (χ0n) is 10.3. The molecule has 0 saturated carbocycles. The smallest absolute Gasteiger partial charge is 0.401 e. The van der Waals surface area contributed by atoms with E-state index in [1.165, 1.54) is 25.0 Å². The summed E-state index contributed by atoms with van der Waals surface area (Å²) in [6, 6.07) is 6.30. The largest absolute Gasteiger partial charge is 0.494 e. The molecule has 6 heteroatoms. The third kappa shape index (κ3) is 6.71. The Morgan fingerprint density at radius 3 is 2.22 bits per heavy atom. The van der Waals surface area contributed by atoms with Crippen LogP contribution < -0.4 is 8.92 Å². The summed E-state index contributed by atoms with van der Waals surface area (Å²) in [6.45, 7) is 2.82. The Morgan fingerprint density at radius 2 is 1.67 bits per heavy atom. The van der Waals surface area contributed by atoms with Gasteiger partial charge in [0.1, 0.15) is 11.5 Å². The molecule has 0 aliphatic rings. The summed E-state index contributed by atoms with van der Waals surface area (Å²) in [4.78, 5) is 0. The minimum Gasteiger partial charge on any atom is -0.494 e. The van der Waals surface area contributed by atoms with Crippen molar-refractivity contribution in [3.63, 3.8) is 0 Å². The average molecular weight is 293 g/mol. The van der Waals surface area contributed by atoms with E-state index in [4.69, 9.17) is 15.4 Å². The van der Waals surface area contributed by atoms with Gasteiger partial charge in [0.25, 0.3) is 0 Å². The van der Waals surface area contributed by atoms with Crippen LogP contribution >= 0.6 is 10.7 Å². The summed E-state index contributed by atoms with van der Waals surface area (Å²) >= 11 is 0. The zero-order valence-corrected chi connectivity index (χ0v) is 11.8. The highest BCUT2D eigenvalue weighted by Crippen LogP contribution is 2.20. The molecule has 0 atom stereocenters. The SMILES string of the molecule is CCCCCCOc1ccc(OS(=O)(=O)Cl)cc1. The molecule has 0 saturated heterocycles. The van der Waals surface area contributed by atoms with Crippen molar-refractivity contribution in [1.82, 2.24) is 0 Å². The molecule has 18 heavy (non-hydrogen) atoms. The molecule has 102 valence electrons. The number of hydrogen-bond acceptors (Lipinski definition) is 4. The fraction of sp³-hybridized carbons (Fsp3) is 0.500. The maximum Gasteiger partial charge on any atom is 0.401 e. The van der Waals surface area contributed by atoms with E-state index in [9.17, 15) is 8.42 Å². The minimum atomic E-state index is -3.99. The van der Waals surface area contributed by atoms with Crippen LogP contribution in [0.5, 0.6) is 11.5 Å². The topological polar surface area (TPSA) is 52.6 Å². The van der Waals surface area contributed by atoms with Crippen LogP contribution in [0.15, 0.2) is 24.3 Å². The first-order valence-corrected chi connectivity index (χ1v) is 8.11. The number of rotatable bonds is 8. The van der Waals surface area contributed by atoms with Gasteiger partial charge in [0.2, 0.25) is 0 Å². The third-order valence-electron chi connectivity index (χ3n) is 2.29. The van der Waals surface area contributed by atoms with Gasteiger partial charge in [0.15, 0.2) is 0 Å².